The molecule has 33 heavy (non-hydrogen) atoms. The number of aryl methyl sites for hydroxylation is 1. The maximum atomic E-state index is 12.4. The molecule has 2 aromatic carbocycles. The molecular formula is C24H22N6O2S. The van der Waals surface area contributed by atoms with Crippen LogP contribution in [0.5, 0.6) is 5.75 Å². The first-order valence-electron chi connectivity index (χ1n) is 10.2. The van der Waals surface area contributed by atoms with Gasteiger partial charge in [-0.1, -0.05) is 41.6 Å². The van der Waals surface area contributed by atoms with Gasteiger partial charge >= 0.3 is 0 Å². The second kappa shape index (κ2) is 10.6. The summed E-state index contributed by atoms with van der Waals surface area (Å²) in [6, 6.07) is 19.3. The van der Waals surface area contributed by atoms with Crippen LogP contribution in [0.25, 0.3) is 17.1 Å². The molecule has 9 heteroatoms. The number of nitrogens with zero attached hydrogens (tertiary/aromatic N) is 5. The van der Waals surface area contributed by atoms with Crippen LogP contribution in [0.2, 0.25) is 0 Å². The highest BCUT2D eigenvalue weighted by Gasteiger charge is 2.17. The minimum absolute atomic E-state index is 0.129. The first-order valence-corrected chi connectivity index (χ1v) is 11.1. The Kier molecular flexibility index (Phi) is 7.11. The van der Waals surface area contributed by atoms with Crippen molar-refractivity contribution in [2.45, 2.75) is 12.1 Å². The fourth-order valence-electron chi connectivity index (χ4n) is 3.09. The molecule has 0 bridgehead atoms. The van der Waals surface area contributed by atoms with Crippen molar-refractivity contribution < 1.29 is 9.53 Å². The summed E-state index contributed by atoms with van der Waals surface area (Å²) in [4.78, 5) is 16.5. The second-order valence-electron chi connectivity index (χ2n) is 7.04. The molecule has 0 aliphatic rings. The molecule has 0 radical (unpaired) electrons. The highest BCUT2D eigenvalue weighted by molar-refractivity contribution is 7.99. The molecule has 4 aromatic rings. The molecule has 0 fully saturated rings. The summed E-state index contributed by atoms with van der Waals surface area (Å²) < 4.78 is 7.21. The largest absolute Gasteiger partial charge is 0.496 e. The van der Waals surface area contributed by atoms with Crippen LogP contribution in [0.1, 0.15) is 11.1 Å². The van der Waals surface area contributed by atoms with Crippen LogP contribution in [-0.2, 0) is 4.79 Å². The number of nitrogens with one attached hydrogen (secondary N) is 1. The predicted octanol–water partition coefficient (Wildman–Crippen LogP) is 3.89. The summed E-state index contributed by atoms with van der Waals surface area (Å²) in [6.45, 7) is 2.03. The van der Waals surface area contributed by atoms with Gasteiger partial charge in [0, 0.05) is 29.2 Å². The molecule has 166 valence electrons. The average Bonchev–Trinajstić information content (AvgIpc) is 3.28. The van der Waals surface area contributed by atoms with E-state index in [1.54, 1.807) is 25.7 Å². The van der Waals surface area contributed by atoms with Gasteiger partial charge in [-0.25, -0.2) is 5.43 Å². The highest BCUT2D eigenvalue weighted by atomic mass is 32.2. The quantitative estimate of drug-likeness (QED) is 0.245. The normalized spacial score (nSPS) is 11.0. The van der Waals surface area contributed by atoms with Crippen molar-refractivity contribution in [1.29, 1.82) is 0 Å². The van der Waals surface area contributed by atoms with Crippen molar-refractivity contribution in [3.63, 3.8) is 0 Å². The van der Waals surface area contributed by atoms with Crippen LogP contribution in [0.15, 0.2) is 83.3 Å². The van der Waals surface area contributed by atoms with Crippen molar-refractivity contribution in [1.82, 2.24) is 25.2 Å². The zero-order valence-electron chi connectivity index (χ0n) is 18.2. The number of methoxy groups -OCH3 is 1. The van der Waals surface area contributed by atoms with E-state index < -0.39 is 0 Å². The number of benzene rings is 2. The molecule has 1 N–H and O–H groups in total. The van der Waals surface area contributed by atoms with E-state index >= 15 is 0 Å². The number of rotatable bonds is 8. The molecule has 2 heterocycles. The number of pyridine rings is 1. The third-order valence-electron chi connectivity index (χ3n) is 4.73. The van der Waals surface area contributed by atoms with Gasteiger partial charge in [-0.05, 0) is 43.3 Å². The Hall–Kier alpha value is -3.98. The average molecular weight is 459 g/mol. The first kappa shape index (κ1) is 22.2. The third-order valence-corrected chi connectivity index (χ3v) is 5.66. The number of carbonyl (C=O) groups is 1. The van der Waals surface area contributed by atoms with Gasteiger partial charge in [0.05, 0.1) is 19.1 Å². The Morgan fingerprint density at radius 2 is 1.85 bits per heavy atom. The van der Waals surface area contributed by atoms with Gasteiger partial charge in [-0.3, -0.25) is 14.3 Å². The van der Waals surface area contributed by atoms with Crippen LogP contribution in [-0.4, -0.2) is 44.7 Å². The standard InChI is InChI=1S/C24H22N6O2S/c1-17-7-9-20(10-8-17)30-23(18-11-13-25-14-12-18)28-29-24(30)33-16-22(31)27-26-15-19-5-3-4-6-21(19)32-2/h3-15H,16H2,1-2H3,(H,27,31)/b26-15+. The van der Waals surface area contributed by atoms with Crippen LogP contribution in [0.3, 0.4) is 0 Å². The lowest BCUT2D eigenvalue weighted by molar-refractivity contribution is -0.118. The van der Waals surface area contributed by atoms with Crippen molar-refractivity contribution >= 4 is 23.9 Å². The number of hydrazone groups is 1. The van der Waals surface area contributed by atoms with E-state index in [1.807, 2.05) is 72.2 Å². The molecule has 0 saturated heterocycles. The highest BCUT2D eigenvalue weighted by Crippen LogP contribution is 2.27. The van der Waals surface area contributed by atoms with E-state index in [-0.39, 0.29) is 11.7 Å². The molecule has 8 nitrogen and oxygen atoms in total. The summed E-state index contributed by atoms with van der Waals surface area (Å²) in [7, 11) is 1.59. The van der Waals surface area contributed by atoms with Gasteiger partial charge < -0.3 is 4.74 Å². The molecule has 0 atom stereocenters. The van der Waals surface area contributed by atoms with Crippen LogP contribution < -0.4 is 10.2 Å². The summed E-state index contributed by atoms with van der Waals surface area (Å²) in [5, 5.41) is 13.4. The smallest absolute Gasteiger partial charge is 0.250 e. The van der Waals surface area contributed by atoms with Gasteiger partial charge in [-0.15, -0.1) is 10.2 Å². The summed E-state index contributed by atoms with van der Waals surface area (Å²) in [6.07, 6.45) is 4.98. The van der Waals surface area contributed by atoms with Gasteiger partial charge in [0.25, 0.3) is 5.91 Å². The maximum Gasteiger partial charge on any atom is 0.250 e. The number of aromatic nitrogens is 4. The lowest BCUT2D eigenvalue weighted by atomic mass is 10.2. The van der Waals surface area contributed by atoms with Gasteiger partial charge in [-0.2, -0.15) is 5.10 Å². The molecule has 0 aliphatic heterocycles. The number of ether oxygens (including phenoxy) is 1. The lowest BCUT2D eigenvalue weighted by Gasteiger charge is -2.10. The van der Waals surface area contributed by atoms with Crippen molar-refractivity contribution in [2.24, 2.45) is 5.10 Å². The van der Waals surface area contributed by atoms with E-state index in [0.29, 0.717) is 16.7 Å². The number of para-hydroxylation sites is 1. The van der Waals surface area contributed by atoms with Gasteiger partial charge in [0.2, 0.25) is 0 Å². The molecule has 0 aliphatic carbocycles. The van der Waals surface area contributed by atoms with E-state index in [4.69, 9.17) is 4.74 Å². The molecule has 4 rings (SSSR count). The Bertz CT molecular complexity index is 1260. The van der Waals surface area contributed by atoms with Crippen molar-refractivity contribution in [3.05, 3.63) is 84.2 Å². The summed E-state index contributed by atoms with van der Waals surface area (Å²) >= 11 is 1.29. The van der Waals surface area contributed by atoms with Gasteiger partial charge in [0.1, 0.15) is 5.75 Å². The first-order chi connectivity index (χ1) is 16.2. The van der Waals surface area contributed by atoms with Gasteiger partial charge in [0.15, 0.2) is 11.0 Å². The van der Waals surface area contributed by atoms with Crippen molar-refractivity contribution in [2.75, 3.05) is 12.9 Å². The minimum atomic E-state index is -0.255. The number of amides is 1. The number of thioether (sulfide) groups is 1. The Morgan fingerprint density at radius 3 is 2.61 bits per heavy atom. The minimum Gasteiger partial charge on any atom is -0.496 e. The predicted molar refractivity (Wildman–Crippen MR) is 129 cm³/mol. The summed E-state index contributed by atoms with van der Waals surface area (Å²) in [5.41, 5.74) is 6.27. The Labute approximate surface area is 195 Å². The zero-order chi connectivity index (χ0) is 23.0. The van der Waals surface area contributed by atoms with E-state index in [0.717, 1.165) is 22.4 Å². The van der Waals surface area contributed by atoms with Crippen LogP contribution in [0.4, 0.5) is 0 Å². The van der Waals surface area contributed by atoms with E-state index in [9.17, 15) is 4.79 Å². The van der Waals surface area contributed by atoms with Crippen LogP contribution in [0, 0.1) is 6.92 Å². The zero-order valence-corrected chi connectivity index (χ0v) is 19.0. The monoisotopic (exact) mass is 458 g/mol. The Balaban J connectivity index is 1.50. The SMILES string of the molecule is COc1ccccc1/C=N/NC(=O)CSc1nnc(-c2ccncc2)n1-c1ccc(C)cc1. The molecule has 0 unspecified atom stereocenters. The molecular weight excluding hydrogens is 436 g/mol. The van der Waals surface area contributed by atoms with E-state index in [2.05, 4.69) is 25.7 Å². The Morgan fingerprint density at radius 1 is 1.09 bits per heavy atom. The molecule has 2 aromatic heterocycles. The third kappa shape index (κ3) is 5.45. The molecule has 0 saturated carbocycles. The fraction of sp³-hybridized carbons (Fsp3) is 0.125. The fourth-order valence-corrected chi connectivity index (χ4v) is 3.83. The molecule has 1 amide bonds. The van der Waals surface area contributed by atoms with Crippen molar-refractivity contribution in [3.8, 4) is 22.8 Å². The maximum absolute atomic E-state index is 12.4. The second-order valence-corrected chi connectivity index (χ2v) is 7.98. The number of hydrogen-bond donors (Lipinski definition) is 1. The summed E-state index contributed by atoms with van der Waals surface area (Å²) in [5.74, 6) is 1.23. The molecule has 0 spiro atoms. The number of carbonyl (C=O) groups excluding carboxylic acids is 1. The van der Waals surface area contributed by atoms with E-state index in [1.165, 1.54) is 11.8 Å². The number of hydrogen-bond acceptors (Lipinski definition) is 7. The van der Waals surface area contributed by atoms with Crippen LogP contribution >= 0.6 is 11.8 Å². The lowest BCUT2D eigenvalue weighted by Crippen LogP contribution is -2.20. The topological polar surface area (TPSA) is 94.3 Å².